The van der Waals surface area contributed by atoms with E-state index in [4.69, 9.17) is 69.7 Å². The molecular formula is C5FeN6O-4. The third-order valence-corrected chi connectivity index (χ3v) is 0. The van der Waals surface area contributed by atoms with Crippen molar-refractivity contribution in [2.24, 2.45) is 0 Å². The Labute approximate surface area is 87.3 Å². The first-order valence-corrected chi connectivity index (χ1v) is 1.30. The molecular weight excluding hydrogens is 216 g/mol. The summed E-state index contributed by atoms with van der Waals surface area (Å²) in [5, 5.41) is 31.2. The van der Waals surface area contributed by atoms with E-state index in [9.17, 15) is 0 Å². The Balaban J connectivity index is -0.00000000655. The van der Waals surface area contributed by atoms with Gasteiger partial charge < -0.3 is 69.7 Å². The van der Waals surface area contributed by atoms with Gasteiger partial charge in [0.15, 0.2) is 0 Å². The topological polar surface area (TPSA) is 158 Å². The standard InChI is InChI=1S/5CN.Fe.NO/c5*1-2;;1-2/q5*-1;+2;-1. The van der Waals surface area contributed by atoms with Crippen molar-refractivity contribution in [2.45, 2.75) is 0 Å². The Morgan fingerprint density at radius 3 is 0.538 bits per heavy atom. The molecule has 13 heavy (non-hydrogen) atoms. The van der Waals surface area contributed by atoms with Gasteiger partial charge in [-0.3, -0.25) is 0 Å². The monoisotopic (exact) mass is 216 g/mol. The van der Waals surface area contributed by atoms with Crippen LogP contribution in [-0.2, 0) is 17.1 Å². The Hall–Kier alpha value is -2.43. The third-order valence-electron chi connectivity index (χ3n) is 0. The van der Waals surface area contributed by atoms with Crippen molar-refractivity contribution in [1.82, 2.24) is 0 Å². The van der Waals surface area contributed by atoms with E-state index < -0.39 is 0 Å². The molecule has 0 aliphatic heterocycles. The van der Waals surface area contributed by atoms with Gasteiger partial charge in [-0.25, -0.2) is 0 Å². The average molecular weight is 216 g/mol. The molecule has 0 N–H and O–H groups in total. The van der Waals surface area contributed by atoms with Crippen LogP contribution >= 0.6 is 0 Å². The maximum absolute atomic E-state index is 7.25. The molecule has 0 aromatic rings. The average Bonchev–Trinajstić information content (AvgIpc) is 2.33. The molecule has 0 aliphatic rings. The molecule has 0 radical (unpaired) electrons. The second-order valence-electron chi connectivity index (χ2n) is 0. The zero-order valence-electron chi connectivity index (χ0n) is 5.95. The van der Waals surface area contributed by atoms with Gasteiger partial charge in [0.25, 0.3) is 0 Å². The summed E-state index contributed by atoms with van der Waals surface area (Å²) in [6.45, 7) is 23.8. The van der Waals surface area contributed by atoms with Crippen molar-refractivity contribution < 1.29 is 17.1 Å². The maximum Gasteiger partial charge on any atom is 2.00 e. The summed E-state index contributed by atoms with van der Waals surface area (Å²) in [6, 6.07) is 0. The normalized spacial score (nSPS) is 1.08. The summed E-state index contributed by atoms with van der Waals surface area (Å²) in [7, 11) is 0. The number of hydrogen-bond donors (Lipinski definition) is 0. The van der Waals surface area contributed by atoms with Crippen molar-refractivity contribution in [3.8, 4) is 0 Å². The summed E-state index contributed by atoms with van der Waals surface area (Å²) in [5.41, 5.74) is 5.75. The van der Waals surface area contributed by atoms with Crippen LogP contribution in [0.4, 0.5) is 0 Å². The first-order valence-electron chi connectivity index (χ1n) is 1.30. The van der Waals surface area contributed by atoms with Gasteiger partial charge in [-0.15, -0.1) is 0 Å². The van der Waals surface area contributed by atoms with Gasteiger partial charge in [0.1, 0.15) is 0 Å². The predicted octanol–water partition coefficient (Wildman–Crippen LogP) is 0.802. The number of nitroso groups, excluding NO2 is 1. The van der Waals surface area contributed by atoms with Crippen molar-refractivity contribution in [1.29, 1.82) is 26.3 Å². The second-order valence-corrected chi connectivity index (χ2v) is 0. The van der Waals surface area contributed by atoms with E-state index in [-0.39, 0.29) is 17.1 Å². The molecule has 0 rings (SSSR count). The summed E-state index contributed by atoms with van der Waals surface area (Å²) >= 11 is 0. The summed E-state index contributed by atoms with van der Waals surface area (Å²) in [4.78, 5) is 7.25. The molecule has 0 spiro atoms. The van der Waals surface area contributed by atoms with Crippen molar-refractivity contribution >= 4 is 0 Å². The second kappa shape index (κ2) is 119. The number of hydrogen-bond acceptors (Lipinski definition) is 6. The minimum Gasteiger partial charge on any atom is -0.577 e. The van der Waals surface area contributed by atoms with E-state index in [1.165, 1.54) is 0 Å². The third kappa shape index (κ3) is 92.8. The van der Waals surface area contributed by atoms with Gasteiger partial charge in [0.2, 0.25) is 0 Å². The molecule has 0 aromatic carbocycles. The molecule has 0 unspecified atom stereocenters. The first-order chi connectivity index (χ1) is 6.00. The predicted molar refractivity (Wildman–Crippen MR) is 31.6 cm³/mol. The van der Waals surface area contributed by atoms with E-state index in [0.717, 1.165) is 0 Å². The summed E-state index contributed by atoms with van der Waals surface area (Å²) in [6.07, 6.45) is 0. The fraction of sp³-hybridized carbons (Fsp3) is 0. The van der Waals surface area contributed by atoms with Gasteiger partial charge in [0.05, 0.1) is 0 Å². The molecule has 0 saturated heterocycles. The first kappa shape index (κ1) is 76.0. The Bertz CT molecular complexity index is 90.4. The van der Waals surface area contributed by atoms with Crippen LogP contribution in [-0.4, -0.2) is 0 Å². The molecule has 7 nitrogen and oxygen atoms in total. The molecule has 8 heteroatoms. The van der Waals surface area contributed by atoms with Crippen molar-refractivity contribution in [3.63, 3.8) is 0 Å². The van der Waals surface area contributed by atoms with E-state index >= 15 is 0 Å². The molecule has 0 saturated carbocycles. The smallest absolute Gasteiger partial charge is 0.577 e. The van der Waals surface area contributed by atoms with E-state index in [1.54, 1.807) is 0 Å². The number of nitrogens with zero attached hydrogens (tertiary/aromatic N) is 6. The molecule has 0 atom stereocenters. The van der Waals surface area contributed by atoms with Gasteiger partial charge in [-0.05, 0) is 0 Å². The SMILES string of the molecule is [C-]#N.[C-]#N.[C-]#N.[C-]#N.[C-]#N.[Fe+2].[N-]=O. The fourth-order valence-corrected chi connectivity index (χ4v) is 0. The zero-order valence-corrected chi connectivity index (χ0v) is 7.05. The zero-order chi connectivity index (χ0) is 12.0. The quantitative estimate of drug-likeness (QED) is 0.429. The van der Waals surface area contributed by atoms with E-state index in [1.807, 2.05) is 0 Å². The molecule has 0 amide bonds. The molecule has 0 heterocycles. The van der Waals surface area contributed by atoms with Gasteiger partial charge >= 0.3 is 17.1 Å². The molecule has 0 fully saturated rings. The Kier molecular flexibility index (Phi) is 695. The summed E-state index contributed by atoms with van der Waals surface area (Å²) in [5.74, 6) is 0. The Morgan fingerprint density at radius 2 is 0.538 bits per heavy atom. The van der Waals surface area contributed by atoms with Gasteiger partial charge in [-0.1, -0.05) is 0 Å². The van der Waals surface area contributed by atoms with Crippen LogP contribution in [0.5, 0.6) is 0 Å². The summed E-state index contributed by atoms with van der Waals surface area (Å²) < 4.78 is 0. The van der Waals surface area contributed by atoms with Gasteiger partial charge in [-0.2, -0.15) is 0 Å². The van der Waals surface area contributed by atoms with Crippen LogP contribution < -0.4 is 0 Å². The minimum absolute atomic E-state index is 0. The van der Waals surface area contributed by atoms with Gasteiger partial charge in [0, 0.05) is 0 Å². The van der Waals surface area contributed by atoms with Crippen LogP contribution in [0.1, 0.15) is 0 Å². The van der Waals surface area contributed by atoms with Crippen molar-refractivity contribution in [2.75, 3.05) is 0 Å². The molecule has 0 bridgehead atoms. The fourth-order valence-electron chi connectivity index (χ4n) is 0. The Morgan fingerprint density at radius 1 is 0.538 bits per heavy atom. The van der Waals surface area contributed by atoms with E-state index in [0.29, 0.717) is 0 Å². The van der Waals surface area contributed by atoms with Crippen LogP contribution in [0.25, 0.3) is 5.59 Å². The van der Waals surface area contributed by atoms with Crippen LogP contribution in [0, 0.1) is 64.1 Å². The van der Waals surface area contributed by atoms with Crippen molar-refractivity contribution in [3.05, 3.63) is 43.4 Å². The van der Waals surface area contributed by atoms with Crippen LogP contribution in [0.15, 0.2) is 0 Å². The largest absolute Gasteiger partial charge is 2.00 e. The van der Waals surface area contributed by atoms with Crippen LogP contribution in [0.3, 0.4) is 0 Å². The van der Waals surface area contributed by atoms with E-state index in [2.05, 4.69) is 0 Å². The minimum atomic E-state index is 0. The molecule has 0 aliphatic carbocycles. The molecule has 0 aromatic heterocycles. The number of rotatable bonds is 0. The van der Waals surface area contributed by atoms with Crippen LogP contribution in [0.2, 0.25) is 0 Å². The maximum atomic E-state index is 7.25. The molecule has 68 valence electrons.